The van der Waals surface area contributed by atoms with Crippen LogP contribution < -0.4 is 10.1 Å². The second kappa shape index (κ2) is 7.02. The van der Waals surface area contributed by atoms with E-state index in [9.17, 15) is 4.79 Å². The first kappa shape index (κ1) is 15.2. The number of hydrogen-bond donors (Lipinski definition) is 1. The quantitative estimate of drug-likeness (QED) is 0.840. The summed E-state index contributed by atoms with van der Waals surface area (Å²) >= 11 is 8.85. The summed E-state index contributed by atoms with van der Waals surface area (Å²) in [6.07, 6.45) is 1.42. The zero-order chi connectivity index (χ0) is 15.2. The molecule has 21 heavy (non-hydrogen) atoms. The Bertz CT molecular complexity index is 700. The third-order valence-corrected chi connectivity index (χ3v) is 2.95. The van der Waals surface area contributed by atoms with E-state index in [1.807, 2.05) is 6.07 Å². The van der Waals surface area contributed by atoms with E-state index in [-0.39, 0.29) is 18.1 Å². The first-order valence-corrected chi connectivity index (χ1v) is 6.86. The lowest BCUT2D eigenvalue weighted by Crippen LogP contribution is -2.21. The molecular formula is C13H8BrClN4O2. The highest BCUT2D eigenvalue weighted by Gasteiger charge is 2.09. The molecule has 8 heteroatoms. The van der Waals surface area contributed by atoms with Crippen LogP contribution >= 0.6 is 27.5 Å². The van der Waals surface area contributed by atoms with Crippen LogP contribution in [0, 0.1) is 11.3 Å². The van der Waals surface area contributed by atoms with E-state index in [0.717, 1.165) is 0 Å². The number of carbonyl (C=O) groups excluding carboxylic acids is 1. The summed E-state index contributed by atoms with van der Waals surface area (Å²) in [5.41, 5.74) is 0.0989. The lowest BCUT2D eigenvalue weighted by atomic mass is 10.3. The number of aromatic nitrogens is 2. The molecule has 0 aliphatic heterocycles. The summed E-state index contributed by atoms with van der Waals surface area (Å²) in [6, 6.07) is 8.25. The molecule has 0 radical (unpaired) electrons. The zero-order valence-corrected chi connectivity index (χ0v) is 12.8. The maximum absolute atomic E-state index is 11.7. The largest absolute Gasteiger partial charge is 0.481 e. The van der Waals surface area contributed by atoms with Gasteiger partial charge in [0.1, 0.15) is 16.5 Å². The Hall–Kier alpha value is -2.17. The van der Waals surface area contributed by atoms with Gasteiger partial charge >= 0.3 is 0 Å². The van der Waals surface area contributed by atoms with Crippen molar-refractivity contribution in [2.75, 3.05) is 11.9 Å². The van der Waals surface area contributed by atoms with Crippen LogP contribution in [0.15, 0.2) is 35.1 Å². The monoisotopic (exact) mass is 366 g/mol. The number of nitrogens with zero attached hydrogens (tertiary/aromatic N) is 3. The van der Waals surface area contributed by atoms with E-state index >= 15 is 0 Å². The number of rotatable bonds is 4. The van der Waals surface area contributed by atoms with Crippen LogP contribution in [0.5, 0.6) is 5.75 Å². The first-order chi connectivity index (χ1) is 10.1. The van der Waals surface area contributed by atoms with Crippen LogP contribution in [0.25, 0.3) is 0 Å². The molecule has 2 aromatic rings. The number of ether oxygens (including phenoxy) is 1. The van der Waals surface area contributed by atoms with Crippen molar-refractivity contribution in [3.63, 3.8) is 0 Å². The minimum absolute atomic E-state index is 0.0989. The molecule has 2 heterocycles. The Morgan fingerprint density at radius 1 is 1.43 bits per heavy atom. The summed E-state index contributed by atoms with van der Waals surface area (Å²) in [7, 11) is 0. The van der Waals surface area contributed by atoms with Crippen LogP contribution in [0.4, 0.5) is 5.82 Å². The van der Waals surface area contributed by atoms with Gasteiger partial charge in [-0.3, -0.25) is 4.79 Å². The molecule has 6 nitrogen and oxygen atoms in total. The van der Waals surface area contributed by atoms with Crippen LogP contribution in [0.1, 0.15) is 5.69 Å². The first-order valence-electron chi connectivity index (χ1n) is 5.69. The molecule has 0 unspecified atom stereocenters. The van der Waals surface area contributed by atoms with Gasteiger partial charge in [-0.2, -0.15) is 5.26 Å². The molecular weight excluding hydrogens is 360 g/mol. The molecule has 0 spiro atoms. The summed E-state index contributed by atoms with van der Waals surface area (Å²) in [4.78, 5) is 19.6. The minimum Gasteiger partial charge on any atom is -0.481 e. The molecule has 0 saturated carbocycles. The smallest absolute Gasteiger partial charge is 0.263 e. The molecule has 0 saturated heterocycles. The number of halogens is 2. The average Bonchev–Trinajstić information content (AvgIpc) is 2.48. The Morgan fingerprint density at radius 3 is 2.90 bits per heavy atom. The zero-order valence-electron chi connectivity index (χ0n) is 10.5. The number of anilines is 1. The van der Waals surface area contributed by atoms with Crippen molar-refractivity contribution in [2.45, 2.75) is 0 Å². The SMILES string of the molecule is N#Cc1nc(Br)ccc1OCC(=O)Nc1ccc(Cl)cn1. The van der Waals surface area contributed by atoms with Crippen LogP contribution in [0.2, 0.25) is 5.02 Å². The maximum Gasteiger partial charge on any atom is 0.263 e. The van der Waals surface area contributed by atoms with Crippen molar-refractivity contribution in [2.24, 2.45) is 0 Å². The summed E-state index contributed by atoms with van der Waals surface area (Å²) < 4.78 is 5.78. The van der Waals surface area contributed by atoms with Crippen molar-refractivity contribution in [3.8, 4) is 11.8 Å². The van der Waals surface area contributed by atoms with Gasteiger partial charge < -0.3 is 10.1 Å². The fourth-order valence-corrected chi connectivity index (χ4v) is 1.81. The highest BCUT2D eigenvalue weighted by Crippen LogP contribution is 2.18. The van der Waals surface area contributed by atoms with Gasteiger partial charge in [-0.05, 0) is 40.2 Å². The second-order valence-electron chi connectivity index (χ2n) is 3.79. The molecule has 0 aliphatic carbocycles. The maximum atomic E-state index is 11.7. The number of amides is 1. The van der Waals surface area contributed by atoms with Gasteiger partial charge in [0.25, 0.3) is 5.91 Å². The molecule has 1 amide bonds. The summed E-state index contributed by atoms with van der Waals surface area (Å²) in [5, 5.41) is 12.0. The van der Waals surface area contributed by atoms with Crippen LogP contribution in [-0.2, 0) is 4.79 Å². The van der Waals surface area contributed by atoms with Gasteiger partial charge in [-0.25, -0.2) is 9.97 Å². The van der Waals surface area contributed by atoms with Crippen molar-refractivity contribution >= 4 is 39.3 Å². The third-order valence-electron chi connectivity index (χ3n) is 2.28. The number of pyridine rings is 2. The van der Waals surface area contributed by atoms with E-state index in [1.54, 1.807) is 24.3 Å². The van der Waals surface area contributed by atoms with Crippen molar-refractivity contribution in [1.29, 1.82) is 5.26 Å². The molecule has 1 N–H and O–H groups in total. The molecule has 0 aromatic carbocycles. The van der Waals surface area contributed by atoms with E-state index in [2.05, 4.69) is 31.2 Å². The molecule has 0 bridgehead atoms. The molecule has 2 aromatic heterocycles. The van der Waals surface area contributed by atoms with Gasteiger partial charge in [0.05, 0.1) is 5.02 Å². The van der Waals surface area contributed by atoms with Gasteiger partial charge in [0.2, 0.25) is 0 Å². The molecule has 0 fully saturated rings. The number of nitriles is 1. The van der Waals surface area contributed by atoms with Gasteiger partial charge in [-0.1, -0.05) is 11.6 Å². The molecule has 0 aliphatic rings. The van der Waals surface area contributed by atoms with E-state index < -0.39 is 5.91 Å². The predicted octanol–water partition coefficient (Wildman–Crippen LogP) is 2.78. The lowest BCUT2D eigenvalue weighted by Gasteiger charge is -2.08. The topological polar surface area (TPSA) is 87.9 Å². The van der Waals surface area contributed by atoms with Gasteiger partial charge in [0.15, 0.2) is 18.1 Å². The molecule has 2 rings (SSSR count). The summed E-state index contributed by atoms with van der Waals surface area (Å²) in [5.74, 6) is 0.194. The number of hydrogen-bond acceptors (Lipinski definition) is 5. The van der Waals surface area contributed by atoms with Gasteiger partial charge in [-0.15, -0.1) is 0 Å². The molecule has 0 atom stereocenters. The third kappa shape index (κ3) is 4.41. The molecule has 106 valence electrons. The fraction of sp³-hybridized carbons (Fsp3) is 0.0769. The van der Waals surface area contributed by atoms with Crippen molar-refractivity contribution < 1.29 is 9.53 Å². The standard InChI is InChI=1S/C13H8BrClN4O2/c14-11-3-2-10(9(5-16)18-11)21-7-13(20)19-12-4-1-8(15)6-17-12/h1-4,6H,7H2,(H,17,19,20). The number of nitrogens with one attached hydrogen (secondary N) is 1. The van der Waals surface area contributed by atoms with E-state index in [4.69, 9.17) is 21.6 Å². The van der Waals surface area contributed by atoms with Crippen LogP contribution in [-0.4, -0.2) is 22.5 Å². The second-order valence-corrected chi connectivity index (χ2v) is 5.04. The minimum atomic E-state index is -0.406. The van der Waals surface area contributed by atoms with E-state index in [0.29, 0.717) is 15.4 Å². The normalized spacial score (nSPS) is 9.76. The highest BCUT2D eigenvalue weighted by atomic mass is 79.9. The Kier molecular flexibility index (Phi) is 5.09. The van der Waals surface area contributed by atoms with E-state index in [1.165, 1.54) is 6.20 Å². The fourth-order valence-electron chi connectivity index (χ4n) is 1.39. The van der Waals surface area contributed by atoms with Crippen molar-refractivity contribution in [3.05, 3.63) is 45.8 Å². The van der Waals surface area contributed by atoms with Crippen LogP contribution in [0.3, 0.4) is 0 Å². The van der Waals surface area contributed by atoms with Crippen molar-refractivity contribution in [1.82, 2.24) is 9.97 Å². The Labute approximate surface area is 133 Å². The van der Waals surface area contributed by atoms with Gasteiger partial charge in [0, 0.05) is 6.20 Å². The Morgan fingerprint density at radius 2 is 2.24 bits per heavy atom. The average molecular weight is 368 g/mol. The highest BCUT2D eigenvalue weighted by molar-refractivity contribution is 9.10. The number of carbonyl (C=O) groups is 1. The summed E-state index contributed by atoms with van der Waals surface area (Å²) in [6.45, 7) is -0.262. The lowest BCUT2D eigenvalue weighted by molar-refractivity contribution is -0.118. The Balaban J connectivity index is 1.95. The predicted molar refractivity (Wildman–Crippen MR) is 80.0 cm³/mol.